The van der Waals surface area contributed by atoms with Gasteiger partial charge in [-0.25, -0.2) is 4.57 Å². The molecule has 0 radical (unpaired) electrons. The average Bonchev–Trinajstić information content (AvgIpc) is 2.62. The molecule has 0 aliphatic heterocycles. The van der Waals surface area contributed by atoms with Gasteiger partial charge in [0.15, 0.2) is 6.54 Å². The number of carbonyl (C=O) groups excluding carboxylic acids is 1. The van der Waals surface area contributed by atoms with Crippen molar-refractivity contribution in [1.29, 1.82) is 0 Å². The summed E-state index contributed by atoms with van der Waals surface area (Å²) in [4.78, 5) is 11.9. The van der Waals surface area contributed by atoms with Crippen LogP contribution in [0.1, 0.15) is 16.1 Å². The molecule has 2 rings (SSSR count). The first kappa shape index (κ1) is 13.9. The quantitative estimate of drug-likeness (QED) is 0.572. The highest BCUT2D eigenvalue weighted by Crippen LogP contribution is 2.09. The molecule has 0 atom stereocenters. The smallest absolute Gasteiger partial charge is 0.332 e. The van der Waals surface area contributed by atoms with Crippen LogP contribution in [-0.4, -0.2) is 5.78 Å². The van der Waals surface area contributed by atoms with E-state index in [1.54, 1.807) is 0 Å². The molecule has 1 heterocycles. The Morgan fingerprint density at radius 3 is 2.53 bits per heavy atom. The number of hydrogen-bond acceptors (Lipinski definition) is 3. The van der Waals surface area contributed by atoms with Crippen LogP contribution in [0.15, 0.2) is 35.7 Å². The molecule has 1 aromatic carbocycles. The van der Waals surface area contributed by atoms with Crippen molar-refractivity contribution in [3.63, 3.8) is 0 Å². The molecule has 2 N–H and O–H groups in total. The Labute approximate surface area is 115 Å². The maximum atomic E-state index is 11.9. The predicted molar refractivity (Wildman–Crippen MR) is 64.4 cm³/mol. The molecule has 5 heteroatoms. The molecule has 0 bridgehead atoms. The van der Waals surface area contributed by atoms with E-state index in [1.165, 1.54) is 11.3 Å². The molecule has 0 aliphatic carbocycles. The SMILES string of the molecule is Cc1csc(N)[n+]1CC(=O)c1ccccc1.[Br-]. The highest BCUT2D eigenvalue weighted by Gasteiger charge is 2.15. The maximum absolute atomic E-state index is 11.9. The van der Waals surface area contributed by atoms with Crippen molar-refractivity contribution in [2.75, 3.05) is 5.73 Å². The largest absolute Gasteiger partial charge is 1.00 e. The molecule has 1 aromatic heterocycles. The lowest BCUT2D eigenvalue weighted by Gasteiger charge is -2.00. The Morgan fingerprint density at radius 1 is 1.35 bits per heavy atom. The number of aromatic nitrogens is 1. The van der Waals surface area contributed by atoms with Gasteiger partial charge in [0, 0.05) is 10.9 Å². The first-order valence-corrected chi connectivity index (χ1v) is 5.88. The Hall–Kier alpha value is -1.20. The Bertz CT molecular complexity index is 491. The summed E-state index contributed by atoms with van der Waals surface area (Å²) in [5.74, 6) is 0.0822. The standard InChI is InChI=1S/C12H12N2OS.BrH/c1-9-8-16-12(13)14(9)7-11(15)10-5-3-2-4-6-10;/h2-6,8,13H,7H2,1H3;1H. The van der Waals surface area contributed by atoms with E-state index in [0.717, 1.165) is 11.3 Å². The summed E-state index contributed by atoms with van der Waals surface area (Å²) in [6.45, 7) is 2.26. The van der Waals surface area contributed by atoms with Gasteiger partial charge in [-0.15, -0.1) is 0 Å². The minimum absolute atomic E-state index is 0. The molecule has 2 aromatic rings. The van der Waals surface area contributed by atoms with Crippen LogP contribution in [0.25, 0.3) is 0 Å². The lowest BCUT2D eigenvalue weighted by molar-refractivity contribution is -0.670. The van der Waals surface area contributed by atoms with Crippen LogP contribution in [0.4, 0.5) is 5.13 Å². The Balaban J connectivity index is 0.00000144. The monoisotopic (exact) mass is 312 g/mol. The van der Waals surface area contributed by atoms with E-state index in [1.807, 2.05) is 47.2 Å². The van der Waals surface area contributed by atoms with Crippen molar-refractivity contribution in [2.24, 2.45) is 0 Å². The number of halogens is 1. The van der Waals surface area contributed by atoms with E-state index in [9.17, 15) is 4.79 Å². The molecule has 17 heavy (non-hydrogen) atoms. The summed E-state index contributed by atoms with van der Waals surface area (Å²) in [6, 6.07) is 9.26. The molecule has 0 aliphatic rings. The number of benzene rings is 1. The van der Waals surface area contributed by atoms with Gasteiger partial charge < -0.3 is 17.0 Å². The molecule has 0 unspecified atom stereocenters. The second-order valence-corrected chi connectivity index (χ2v) is 4.48. The molecule has 90 valence electrons. The zero-order valence-electron chi connectivity index (χ0n) is 9.39. The fraction of sp³-hybridized carbons (Fsp3) is 0.167. The van der Waals surface area contributed by atoms with Crippen LogP contribution in [0.5, 0.6) is 0 Å². The first-order chi connectivity index (χ1) is 7.68. The van der Waals surface area contributed by atoms with E-state index in [-0.39, 0.29) is 22.8 Å². The molecular weight excluding hydrogens is 300 g/mol. The van der Waals surface area contributed by atoms with Crippen molar-refractivity contribution in [1.82, 2.24) is 0 Å². The minimum Gasteiger partial charge on any atom is -1.00 e. The summed E-state index contributed by atoms with van der Waals surface area (Å²) in [6.07, 6.45) is 0. The van der Waals surface area contributed by atoms with Gasteiger partial charge in [-0.2, -0.15) is 0 Å². The second kappa shape index (κ2) is 5.93. The van der Waals surface area contributed by atoms with Crippen molar-refractivity contribution in [3.8, 4) is 0 Å². The normalized spacial score (nSPS) is 9.71. The highest BCUT2D eigenvalue weighted by molar-refractivity contribution is 7.13. The van der Waals surface area contributed by atoms with Crippen LogP contribution >= 0.6 is 11.3 Å². The average molecular weight is 313 g/mol. The van der Waals surface area contributed by atoms with E-state index >= 15 is 0 Å². The number of nitrogen functional groups attached to an aromatic ring is 1. The molecule has 0 saturated carbocycles. The maximum Gasteiger partial charge on any atom is 0.332 e. The number of aryl methyl sites for hydroxylation is 1. The number of Topliss-reactive ketones (excluding diaryl/α,β-unsaturated/α-hetero) is 1. The second-order valence-electron chi connectivity index (χ2n) is 3.59. The van der Waals surface area contributed by atoms with Gasteiger partial charge in [0.25, 0.3) is 0 Å². The number of nitrogens with zero attached hydrogens (tertiary/aromatic N) is 1. The number of nitrogens with two attached hydrogens (primary N) is 1. The molecule has 0 fully saturated rings. The van der Waals surface area contributed by atoms with Crippen LogP contribution in [-0.2, 0) is 6.54 Å². The molecule has 0 amide bonds. The first-order valence-electron chi connectivity index (χ1n) is 5.00. The third-order valence-corrected chi connectivity index (χ3v) is 3.36. The van der Waals surface area contributed by atoms with Crippen molar-refractivity contribution in [3.05, 3.63) is 47.0 Å². The topological polar surface area (TPSA) is 47.0 Å². The van der Waals surface area contributed by atoms with Gasteiger partial charge in [0.1, 0.15) is 5.69 Å². The van der Waals surface area contributed by atoms with Gasteiger partial charge in [-0.1, -0.05) is 41.7 Å². The molecule has 3 nitrogen and oxygen atoms in total. The fourth-order valence-corrected chi connectivity index (χ4v) is 2.26. The van der Waals surface area contributed by atoms with E-state index in [2.05, 4.69) is 0 Å². The number of thiazole rings is 1. The molecular formula is C12H13BrN2OS. The fourth-order valence-electron chi connectivity index (χ4n) is 1.51. The van der Waals surface area contributed by atoms with Crippen molar-refractivity contribution in [2.45, 2.75) is 13.5 Å². The number of hydrogen-bond donors (Lipinski definition) is 1. The van der Waals surface area contributed by atoms with E-state index < -0.39 is 0 Å². The summed E-state index contributed by atoms with van der Waals surface area (Å²) < 4.78 is 1.83. The number of rotatable bonds is 3. The number of anilines is 1. The highest BCUT2D eigenvalue weighted by atomic mass is 79.9. The lowest BCUT2D eigenvalue weighted by Crippen LogP contribution is -3.00. The third kappa shape index (κ3) is 3.14. The van der Waals surface area contributed by atoms with Crippen LogP contribution in [0, 0.1) is 6.92 Å². The minimum atomic E-state index is 0. The van der Waals surface area contributed by atoms with E-state index in [4.69, 9.17) is 5.73 Å². The van der Waals surface area contributed by atoms with Gasteiger partial charge in [0.05, 0.1) is 0 Å². The van der Waals surface area contributed by atoms with Gasteiger partial charge in [-0.05, 0) is 6.92 Å². The van der Waals surface area contributed by atoms with Gasteiger partial charge in [0.2, 0.25) is 5.78 Å². The summed E-state index contributed by atoms with van der Waals surface area (Å²) in [5.41, 5.74) is 7.54. The summed E-state index contributed by atoms with van der Waals surface area (Å²) >= 11 is 1.46. The summed E-state index contributed by atoms with van der Waals surface area (Å²) in [7, 11) is 0. The zero-order chi connectivity index (χ0) is 11.5. The summed E-state index contributed by atoms with van der Waals surface area (Å²) in [5, 5.41) is 2.62. The predicted octanol–water partition coefficient (Wildman–Crippen LogP) is -1.19. The van der Waals surface area contributed by atoms with Crippen LogP contribution < -0.4 is 27.3 Å². The van der Waals surface area contributed by atoms with E-state index in [0.29, 0.717) is 11.7 Å². The molecule has 0 spiro atoms. The van der Waals surface area contributed by atoms with Crippen LogP contribution in [0.3, 0.4) is 0 Å². The Kier molecular flexibility index (Phi) is 4.84. The number of ketones is 1. The lowest BCUT2D eigenvalue weighted by atomic mass is 10.1. The van der Waals surface area contributed by atoms with Crippen molar-refractivity contribution < 1.29 is 26.3 Å². The van der Waals surface area contributed by atoms with Gasteiger partial charge in [-0.3, -0.25) is 10.5 Å². The van der Waals surface area contributed by atoms with Gasteiger partial charge >= 0.3 is 5.13 Å². The third-order valence-electron chi connectivity index (χ3n) is 2.44. The van der Waals surface area contributed by atoms with Crippen molar-refractivity contribution >= 4 is 22.3 Å². The zero-order valence-corrected chi connectivity index (χ0v) is 11.8. The number of carbonyl (C=O) groups is 1. The van der Waals surface area contributed by atoms with Crippen LogP contribution in [0.2, 0.25) is 0 Å². The Morgan fingerprint density at radius 2 is 2.00 bits per heavy atom. The molecule has 0 saturated heterocycles.